The van der Waals surface area contributed by atoms with Crippen molar-refractivity contribution in [3.05, 3.63) is 59.1 Å². The van der Waals surface area contributed by atoms with Crippen LogP contribution in [0.4, 0.5) is 0 Å². The molecule has 3 heterocycles. The summed E-state index contributed by atoms with van der Waals surface area (Å²) in [5.41, 5.74) is 2.57. The highest BCUT2D eigenvalue weighted by Gasteiger charge is 2.48. The number of pyridine rings is 2. The van der Waals surface area contributed by atoms with Crippen LogP contribution in [-0.4, -0.2) is 40.7 Å². The summed E-state index contributed by atoms with van der Waals surface area (Å²) in [5.74, 6) is 0. The first-order valence-electron chi connectivity index (χ1n) is 10.4. The molecule has 2 aliphatic rings. The van der Waals surface area contributed by atoms with Crippen molar-refractivity contribution in [1.29, 1.82) is 0 Å². The lowest BCUT2D eigenvalue weighted by atomic mass is 9.68. The number of ether oxygens (including phenoxy) is 1. The molecule has 1 spiro atoms. The largest absolute Gasteiger partial charge is 0.375 e. The second-order valence-electron chi connectivity index (χ2n) is 8.66. The fraction of sp³-hybridized carbons (Fsp3) is 0.565. The number of hydrogen-bond acceptors (Lipinski definition) is 4. The smallest absolute Gasteiger partial charge is 0.0691 e. The summed E-state index contributed by atoms with van der Waals surface area (Å²) >= 11 is 6.10. The third-order valence-electron chi connectivity index (χ3n) is 6.56. The zero-order valence-electron chi connectivity index (χ0n) is 16.7. The monoisotopic (exact) mass is 399 g/mol. The zero-order valence-corrected chi connectivity index (χ0v) is 17.5. The summed E-state index contributed by atoms with van der Waals surface area (Å²) in [5, 5.41) is 0.698. The minimum Gasteiger partial charge on any atom is -0.375 e. The van der Waals surface area contributed by atoms with Crippen molar-refractivity contribution in [3.8, 4) is 0 Å². The average Bonchev–Trinajstić information content (AvgIpc) is 3.14. The van der Waals surface area contributed by atoms with Crippen molar-refractivity contribution in [1.82, 2.24) is 14.9 Å². The van der Waals surface area contributed by atoms with Gasteiger partial charge in [-0.1, -0.05) is 30.5 Å². The van der Waals surface area contributed by atoms with Crippen LogP contribution in [0.1, 0.15) is 56.2 Å². The molecule has 0 N–H and O–H groups in total. The van der Waals surface area contributed by atoms with E-state index in [1.54, 1.807) is 6.20 Å². The molecule has 0 radical (unpaired) electrons. The molecule has 0 amide bonds. The first-order chi connectivity index (χ1) is 13.6. The first-order valence-corrected chi connectivity index (χ1v) is 10.8. The summed E-state index contributed by atoms with van der Waals surface area (Å²) in [6, 6.07) is 8.36. The van der Waals surface area contributed by atoms with Crippen LogP contribution >= 0.6 is 11.6 Å². The van der Waals surface area contributed by atoms with Crippen LogP contribution < -0.4 is 0 Å². The molecule has 1 aliphatic heterocycles. The number of hydrogen-bond donors (Lipinski definition) is 0. The Morgan fingerprint density at radius 2 is 2.04 bits per heavy atom. The molecule has 28 heavy (non-hydrogen) atoms. The predicted molar refractivity (Wildman–Crippen MR) is 112 cm³/mol. The molecule has 2 fully saturated rings. The van der Waals surface area contributed by atoms with E-state index in [9.17, 15) is 0 Å². The Morgan fingerprint density at radius 1 is 1.18 bits per heavy atom. The van der Waals surface area contributed by atoms with Crippen LogP contribution in [0, 0.1) is 0 Å². The van der Waals surface area contributed by atoms with Crippen LogP contribution in [0.15, 0.2) is 42.9 Å². The lowest BCUT2D eigenvalue weighted by Crippen LogP contribution is -2.47. The number of aromatic nitrogens is 2. The number of rotatable bonds is 6. The Morgan fingerprint density at radius 3 is 2.79 bits per heavy atom. The summed E-state index contributed by atoms with van der Waals surface area (Å²) < 4.78 is 6.35. The van der Waals surface area contributed by atoms with Gasteiger partial charge in [-0.2, -0.15) is 0 Å². The van der Waals surface area contributed by atoms with Crippen LogP contribution in [0.2, 0.25) is 5.02 Å². The standard InChI is InChI=1S/C23H30ClN3O/c1-27(17-19-14-20(24)16-25-15-19)12-9-22(21-6-2-5-11-26-21)10-13-28-23(18-22)7-3-4-8-23/h2,5-6,11,14-16H,3-4,7-10,12-13,17-18H2,1H3/t22-/m0/s1. The van der Waals surface area contributed by atoms with Gasteiger partial charge >= 0.3 is 0 Å². The van der Waals surface area contributed by atoms with E-state index in [1.165, 1.54) is 31.4 Å². The Hall–Kier alpha value is -1.49. The third-order valence-corrected chi connectivity index (χ3v) is 6.77. The molecule has 5 heteroatoms. The Bertz CT molecular complexity index is 778. The average molecular weight is 400 g/mol. The van der Waals surface area contributed by atoms with Crippen LogP contribution in [0.5, 0.6) is 0 Å². The van der Waals surface area contributed by atoms with E-state index in [2.05, 4.69) is 29.1 Å². The predicted octanol–water partition coefficient (Wildman–Crippen LogP) is 5.01. The quantitative estimate of drug-likeness (QED) is 0.684. The van der Waals surface area contributed by atoms with Crippen LogP contribution in [-0.2, 0) is 16.7 Å². The lowest BCUT2D eigenvalue weighted by molar-refractivity contribution is -0.105. The molecular weight excluding hydrogens is 370 g/mol. The van der Waals surface area contributed by atoms with Gasteiger partial charge in [0.2, 0.25) is 0 Å². The van der Waals surface area contributed by atoms with E-state index in [-0.39, 0.29) is 11.0 Å². The molecule has 0 aromatic carbocycles. The zero-order chi connectivity index (χ0) is 19.5. The second kappa shape index (κ2) is 8.48. The highest BCUT2D eigenvalue weighted by atomic mass is 35.5. The van der Waals surface area contributed by atoms with Crippen molar-refractivity contribution in [2.24, 2.45) is 0 Å². The SMILES string of the molecule is CN(CC[C@]1(c2ccccn2)CCOC2(CCCC2)C1)Cc1cncc(Cl)c1. The van der Waals surface area contributed by atoms with Gasteiger partial charge < -0.3 is 9.64 Å². The maximum absolute atomic E-state index is 6.35. The molecule has 2 aromatic heterocycles. The summed E-state index contributed by atoms with van der Waals surface area (Å²) in [7, 11) is 2.18. The van der Waals surface area contributed by atoms with Gasteiger partial charge in [0.1, 0.15) is 0 Å². The molecule has 4 nitrogen and oxygen atoms in total. The van der Waals surface area contributed by atoms with Crippen molar-refractivity contribution < 1.29 is 4.74 Å². The van der Waals surface area contributed by atoms with E-state index < -0.39 is 0 Å². The molecule has 2 aromatic rings. The topological polar surface area (TPSA) is 38.2 Å². The summed E-state index contributed by atoms with van der Waals surface area (Å²) in [6.07, 6.45) is 13.8. The molecule has 1 aliphatic carbocycles. The number of nitrogens with zero attached hydrogens (tertiary/aromatic N) is 3. The fourth-order valence-electron chi connectivity index (χ4n) is 5.13. The second-order valence-corrected chi connectivity index (χ2v) is 9.10. The molecule has 0 unspecified atom stereocenters. The summed E-state index contributed by atoms with van der Waals surface area (Å²) in [4.78, 5) is 11.4. The normalized spacial score (nSPS) is 24.1. The fourth-order valence-corrected chi connectivity index (χ4v) is 5.33. The van der Waals surface area contributed by atoms with Gasteiger partial charge in [-0.05, 0) is 69.5 Å². The van der Waals surface area contributed by atoms with E-state index in [0.717, 1.165) is 44.5 Å². The Labute approximate surface area is 173 Å². The van der Waals surface area contributed by atoms with Gasteiger partial charge in [0, 0.05) is 42.9 Å². The highest BCUT2D eigenvalue weighted by Crippen LogP contribution is 2.49. The maximum Gasteiger partial charge on any atom is 0.0691 e. The molecule has 0 bridgehead atoms. The highest BCUT2D eigenvalue weighted by molar-refractivity contribution is 6.30. The van der Waals surface area contributed by atoms with Crippen LogP contribution in [0.25, 0.3) is 0 Å². The minimum absolute atomic E-state index is 0.0746. The molecule has 4 rings (SSSR count). The molecule has 150 valence electrons. The lowest BCUT2D eigenvalue weighted by Gasteiger charge is -2.47. The van der Waals surface area contributed by atoms with E-state index in [4.69, 9.17) is 21.3 Å². The molecular formula is C23H30ClN3O. The van der Waals surface area contributed by atoms with Gasteiger partial charge in [-0.15, -0.1) is 0 Å². The maximum atomic E-state index is 6.35. The van der Waals surface area contributed by atoms with Gasteiger partial charge in [-0.3, -0.25) is 9.97 Å². The van der Waals surface area contributed by atoms with Gasteiger partial charge in [0.05, 0.1) is 10.6 Å². The van der Waals surface area contributed by atoms with Crippen molar-refractivity contribution in [3.63, 3.8) is 0 Å². The van der Waals surface area contributed by atoms with E-state index in [1.807, 2.05) is 24.5 Å². The van der Waals surface area contributed by atoms with Gasteiger partial charge in [0.15, 0.2) is 0 Å². The first kappa shape index (κ1) is 19.8. The summed E-state index contributed by atoms with van der Waals surface area (Å²) in [6.45, 7) is 2.71. The Kier molecular flexibility index (Phi) is 6.00. The van der Waals surface area contributed by atoms with Crippen molar-refractivity contribution >= 4 is 11.6 Å². The minimum atomic E-state index is 0.0746. The Balaban J connectivity index is 1.50. The number of halogens is 1. The molecule has 1 saturated heterocycles. The molecule has 1 saturated carbocycles. The van der Waals surface area contributed by atoms with Crippen molar-refractivity contribution in [2.75, 3.05) is 20.2 Å². The van der Waals surface area contributed by atoms with Gasteiger partial charge in [-0.25, -0.2) is 0 Å². The third kappa shape index (κ3) is 4.40. The van der Waals surface area contributed by atoms with Gasteiger partial charge in [0.25, 0.3) is 0 Å². The van der Waals surface area contributed by atoms with E-state index >= 15 is 0 Å². The van der Waals surface area contributed by atoms with Crippen molar-refractivity contribution in [2.45, 2.75) is 62.5 Å². The van der Waals surface area contributed by atoms with E-state index in [0.29, 0.717) is 5.02 Å². The van der Waals surface area contributed by atoms with Crippen LogP contribution in [0.3, 0.4) is 0 Å². The molecule has 1 atom stereocenters.